The fourth-order valence-electron chi connectivity index (χ4n) is 2.93. The van der Waals surface area contributed by atoms with Gasteiger partial charge in [0.1, 0.15) is 17.1 Å². The summed E-state index contributed by atoms with van der Waals surface area (Å²) in [5, 5.41) is 27.3. The molecule has 9 heteroatoms. The lowest BCUT2D eigenvalue weighted by Gasteiger charge is -2.10. The van der Waals surface area contributed by atoms with Crippen molar-refractivity contribution in [1.29, 1.82) is 0 Å². The Labute approximate surface area is 165 Å². The molecule has 4 rings (SSSR count). The van der Waals surface area contributed by atoms with Gasteiger partial charge in [0.25, 0.3) is 0 Å². The lowest BCUT2D eigenvalue weighted by Crippen LogP contribution is -2.03. The number of fused-ring (bicyclic) bond motifs is 1. The van der Waals surface area contributed by atoms with Crippen LogP contribution in [0.1, 0.15) is 15.9 Å². The first-order chi connectivity index (χ1) is 14.0. The number of aryl methyl sites for hydroxylation is 1. The third kappa shape index (κ3) is 3.41. The van der Waals surface area contributed by atoms with Crippen LogP contribution >= 0.6 is 0 Å². The standard InChI is InChI=1S/C20H17N5O4/c1-11-7-13(8-16(17(11)26)19(27)28)23-20-21-9-12-10-22-25(18(12)24-20)14-3-5-15(29-2)6-4-14/h3-10,26H,1-2H3,(H,27,28)(H,21,23,24). The van der Waals surface area contributed by atoms with E-state index in [1.165, 1.54) is 6.07 Å². The third-order valence-corrected chi connectivity index (χ3v) is 4.41. The summed E-state index contributed by atoms with van der Waals surface area (Å²) < 4.78 is 6.85. The molecule has 29 heavy (non-hydrogen) atoms. The topological polar surface area (TPSA) is 122 Å². The van der Waals surface area contributed by atoms with Crippen molar-refractivity contribution < 1.29 is 19.7 Å². The summed E-state index contributed by atoms with van der Waals surface area (Å²) in [6.07, 6.45) is 3.29. The normalized spacial score (nSPS) is 10.8. The molecule has 0 atom stereocenters. The average molecular weight is 391 g/mol. The molecule has 0 bridgehead atoms. The fourth-order valence-corrected chi connectivity index (χ4v) is 2.93. The maximum absolute atomic E-state index is 11.3. The highest BCUT2D eigenvalue weighted by Crippen LogP contribution is 2.28. The highest BCUT2D eigenvalue weighted by Gasteiger charge is 2.15. The molecule has 146 valence electrons. The Bertz CT molecular complexity index is 1220. The van der Waals surface area contributed by atoms with Crippen molar-refractivity contribution in [3.8, 4) is 17.2 Å². The number of nitrogens with one attached hydrogen (secondary N) is 1. The number of aromatic nitrogens is 4. The van der Waals surface area contributed by atoms with Crippen LogP contribution in [0.3, 0.4) is 0 Å². The number of carboxylic acid groups (broad SMARTS) is 1. The number of carbonyl (C=O) groups is 1. The molecule has 0 unspecified atom stereocenters. The maximum Gasteiger partial charge on any atom is 0.339 e. The Morgan fingerprint density at radius 1 is 1.17 bits per heavy atom. The van der Waals surface area contributed by atoms with E-state index in [4.69, 9.17) is 4.74 Å². The van der Waals surface area contributed by atoms with Gasteiger partial charge in [-0.25, -0.2) is 14.5 Å². The molecule has 0 saturated carbocycles. The second kappa shape index (κ2) is 7.12. The summed E-state index contributed by atoms with van der Waals surface area (Å²) in [6, 6.07) is 10.3. The van der Waals surface area contributed by atoms with Crippen molar-refractivity contribution in [3.63, 3.8) is 0 Å². The zero-order chi connectivity index (χ0) is 20.5. The number of hydrogen-bond acceptors (Lipinski definition) is 7. The average Bonchev–Trinajstić information content (AvgIpc) is 3.13. The molecule has 0 saturated heterocycles. The minimum absolute atomic E-state index is 0.197. The monoisotopic (exact) mass is 391 g/mol. The number of benzene rings is 2. The van der Waals surface area contributed by atoms with Gasteiger partial charge in [-0.15, -0.1) is 0 Å². The van der Waals surface area contributed by atoms with Crippen LogP contribution in [0.2, 0.25) is 0 Å². The van der Waals surface area contributed by atoms with Crippen LogP contribution in [0.4, 0.5) is 11.6 Å². The highest BCUT2D eigenvalue weighted by atomic mass is 16.5. The second-order valence-corrected chi connectivity index (χ2v) is 6.35. The number of ether oxygens (including phenoxy) is 1. The molecule has 0 radical (unpaired) electrons. The Kier molecular flexibility index (Phi) is 4.47. The van der Waals surface area contributed by atoms with E-state index < -0.39 is 5.97 Å². The predicted octanol–water partition coefficient (Wildman–Crippen LogP) is 3.28. The van der Waals surface area contributed by atoms with Gasteiger partial charge < -0.3 is 20.3 Å². The summed E-state index contributed by atoms with van der Waals surface area (Å²) in [4.78, 5) is 20.1. The lowest BCUT2D eigenvalue weighted by molar-refractivity contribution is 0.0693. The zero-order valence-corrected chi connectivity index (χ0v) is 15.6. The van der Waals surface area contributed by atoms with Crippen LogP contribution < -0.4 is 10.1 Å². The van der Waals surface area contributed by atoms with E-state index in [2.05, 4.69) is 20.4 Å². The largest absolute Gasteiger partial charge is 0.507 e. The Morgan fingerprint density at radius 2 is 1.93 bits per heavy atom. The van der Waals surface area contributed by atoms with E-state index in [1.54, 1.807) is 37.2 Å². The molecule has 2 aromatic carbocycles. The van der Waals surface area contributed by atoms with Gasteiger partial charge in [0.05, 0.1) is 24.4 Å². The molecule has 0 aliphatic rings. The molecule has 4 aromatic rings. The first-order valence-corrected chi connectivity index (χ1v) is 8.65. The first kappa shape index (κ1) is 18.2. The van der Waals surface area contributed by atoms with Gasteiger partial charge in [-0.2, -0.15) is 10.1 Å². The van der Waals surface area contributed by atoms with Crippen molar-refractivity contribution in [1.82, 2.24) is 19.7 Å². The fraction of sp³-hybridized carbons (Fsp3) is 0.100. The van der Waals surface area contributed by atoms with Crippen LogP contribution in [0.15, 0.2) is 48.8 Å². The molecule has 0 aliphatic carbocycles. The molecule has 9 nitrogen and oxygen atoms in total. The SMILES string of the molecule is COc1ccc(-n2ncc3cnc(Nc4cc(C)c(O)c(C(=O)O)c4)nc32)cc1. The lowest BCUT2D eigenvalue weighted by atomic mass is 10.1. The molecular formula is C20H17N5O4. The van der Waals surface area contributed by atoms with E-state index in [-0.39, 0.29) is 17.3 Å². The molecule has 0 spiro atoms. The van der Waals surface area contributed by atoms with Crippen molar-refractivity contribution >= 4 is 28.6 Å². The van der Waals surface area contributed by atoms with Gasteiger partial charge in [-0.3, -0.25) is 0 Å². The van der Waals surface area contributed by atoms with Gasteiger partial charge in [0.2, 0.25) is 5.95 Å². The summed E-state index contributed by atoms with van der Waals surface area (Å²) in [5.74, 6) is -0.478. The van der Waals surface area contributed by atoms with Gasteiger partial charge >= 0.3 is 5.97 Å². The molecule has 0 fully saturated rings. The number of methoxy groups -OCH3 is 1. The summed E-state index contributed by atoms with van der Waals surface area (Å²) in [7, 11) is 1.60. The number of hydrogen-bond donors (Lipinski definition) is 3. The van der Waals surface area contributed by atoms with Gasteiger partial charge in [0.15, 0.2) is 5.65 Å². The maximum atomic E-state index is 11.3. The molecule has 2 aromatic heterocycles. The molecule has 2 heterocycles. The number of aromatic carboxylic acids is 1. The number of rotatable bonds is 5. The molecular weight excluding hydrogens is 374 g/mol. The molecule has 3 N–H and O–H groups in total. The van der Waals surface area contributed by atoms with E-state index >= 15 is 0 Å². The van der Waals surface area contributed by atoms with Crippen molar-refractivity contribution in [3.05, 3.63) is 59.9 Å². The number of anilines is 2. The Balaban J connectivity index is 1.72. The number of carboxylic acids is 1. The Morgan fingerprint density at radius 3 is 2.62 bits per heavy atom. The zero-order valence-electron chi connectivity index (χ0n) is 15.6. The van der Waals surface area contributed by atoms with Gasteiger partial charge in [-0.1, -0.05) is 0 Å². The van der Waals surface area contributed by atoms with Crippen molar-refractivity contribution in [2.24, 2.45) is 0 Å². The van der Waals surface area contributed by atoms with Crippen molar-refractivity contribution in [2.45, 2.75) is 6.92 Å². The smallest absolute Gasteiger partial charge is 0.339 e. The third-order valence-electron chi connectivity index (χ3n) is 4.41. The second-order valence-electron chi connectivity index (χ2n) is 6.35. The number of phenols is 1. The molecule has 0 aliphatic heterocycles. The summed E-state index contributed by atoms with van der Waals surface area (Å²) in [5.41, 5.74) is 2.07. The minimum atomic E-state index is -1.22. The van der Waals surface area contributed by atoms with Crippen LogP contribution in [0.25, 0.3) is 16.7 Å². The summed E-state index contributed by atoms with van der Waals surface area (Å²) in [6.45, 7) is 1.62. The number of nitrogens with zero attached hydrogens (tertiary/aromatic N) is 4. The Hall–Kier alpha value is -4.14. The number of aromatic hydroxyl groups is 1. The highest BCUT2D eigenvalue weighted by molar-refractivity contribution is 5.93. The quantitative estimate of drug-likeness (QED) is 0.443. The minimum Gasteiger partial charge on any atom is -0.507 e. The van der Waals surface area contributed by atoms with Crippen LogP contribution in [0.5, 0.6) is 11.5 Å². The van der Waals surface area contributed by atoms with E-state index in [0.29, 0.717) is 16.9 Å². The van der Waals surface area contributed by atoms with Crippen LogP contribution in [-0.4, -0.2) is 43.0 Å². The van der Waals surface area contributed by atoms with Gasteiger partial charge in [0, 0.05) is 11.9 Å². The van der Waals surface area contributed by atoms with Crippen molar-refractivity contribution in [2.75, 3.05) is 12.4 Å². The predicted molar refractivity (Wildman–Crippen MR) is 106 cm³/mol. The van der Waals surface area contributed by atoms with Crippen LogP contribution in [-0.2, 0) is 0 Å². The van der Waals surface area contributed by atoms with E-state index in [1.807, 2.05) is 24.3 Å². The van der Waals surface area contributed by atoms with Crippen LogP contribution in [0, 0.1) is 6.92 Å². The van der Waals surface area contributed by atoms with Gasteiger partial charge in [-0.05, 0) is 48.9 Å². The van der Waals surface area contributed by atoms with E-state index in [9.17, 15) is 15.0 Å². The first-order valence-electron chi connectivity index (χ1n) is 8.65. The summed E-state index contributed by atoms with van der Waals surface area (Å²) >= 11 is 0. The van der Waals surface area contributed by atoms with E-state index in [0.717, 1.165) is 16.8 Å². The molecule has 0 amide bonds.